The molecule has 0 aromatic rings. The summed E-state index contributed by atoms with van der Waals surface area (Å²) in [6, 6.07) is 0. The van der Waals surface area contributed by atoms with Gasteiger partial charge in [0.25, 0.3) is 0 Å². The third-order valence-electron chi connectivity index (χ3n) is 1.23. The predicted octanol–water partition coefficient (Wildman–Crippen LogP) is 1.03. The topological polar surface area (TPSA) is 77.8 Å². The van der Waals surface area contributed by atoms with Crippen LogP contribution in [0.2, 0.25) is 0 Å². The normalized spacial score (nSPS) is 12.4. The minimum atomic E-state index is -0.981. The molecule has 3 N–H and O–H groups in total. The lowest BCUT2D eigenvalue weighted by molar-refractivity contribution is -0.131. The zero-order valence-corrected chi connectivity index (χ0v) is 9.03. The Hall–Kier alpha value is -0.870. The van der Waals surface area contributed by atoms with Crippen molar-refractivity contribution in [3.8, 4) is 0 Å². The minimum absolute atomic E-state index is 0.113. The van der Waals surface area contributed by atoms with Crippen LogP contribution in [0.25, 0.3) is 0 Å². The third kappa shape index (κ3) is 17.3. The molecule has 0 aliphatic rings. The summed E-state index contributed by atoms with van der Waals surface area (Å²) in [5.74, 6) is -0.981. The number of hydrogen-bond donors (Lipinski definition) is 3. The second-order valence-electron chi connectivity index (χ2n) is 4.14. The van der Waals surface area contributed by atoms with E-state index in [2.05, 4.69) is 6.58 Å². The minimum Gasteiger partial charge on any atom is -0.478 e. The van der Waals surface area contributed by atoms with Crippen LogP contribution in [0, 0.1) is 5.41 Å². The van der Waals surface area contributed by atoms with Crippen molar-refractivity contribution in [2.75, 3.05) is 6.61 Å². The number of hydrogen-bond acceptors (Lipinski definition) is 3. The maximum absolute atomic E-state index is 9.25. The van der Waals surface area contributed by atoms with Gasteiger partial charge in [-0.05, 0) is 11.8 Å². The van der Waals surface area contributed by atoms with Gasteiger partial charge in [-0.1, -0.05) is 27.4 Å². The monoisotopic (exact) mass is 204 g/mol. The highest BCUT2D eigenvalue weighted by Gasteiger charge is 2.15. The van der Waals surface area contributed by atoms with Gasteiger partial charge >= 0.3 is 5.97 Å². The van der Waals surface area contributed by atoms with Crippen LogP contribution in [0.15, 0.2) is 12.7 Å². The molecule has 0 heterocycles. The first-order valence-corrected chi connectivity index (χ1v) is 4.37. The van der Waals surface area contributed by atoms with Gasteiger partial charge in [-0.25, -0.2) is 4.79 Å². The molecule has 0 fully saturated rings. The number of carboxylic acids is 1. The second-order valence-corrected chi connectivity index (χ2v) is 4.14. The predicted molar refractivity (Wildman–Crippen MR) is 55.0 cm³/mol. The molecule has 0 aliphatic heterocycles. The summed E-state index contributed by atoms with van der Waals surface area (Å²) in [4.78, 5) is 9.25. The molecule has 84 valence electrons. The molecular formula is C10H20O4. The van der Waals surface area contributed by atoms with Crippen molar-refractivity contribution >= 4 is 5.97 Å². The van der Waals surface area contributed by atoms with Crippen LogP contribution in [-0.2, 0) is 4.79 Å². The van der Waals surface area contributed by atoms with Gasteiger partial charge in [0.1, 0.15) is 0 Å². The van der Waals surface area contributed by atoms with E-state index in [1.54, 1.807) is 0 Å². The van der Waals surface area contributed by atoms with Gasteiger partial charge in [0.2, 0.25) is 0 Å². The molecule has 0 saturated heterocycles. The zero-order valence-electron chi connectivity index (χ0n) is 9.03. The van der Waals surface area contributed by atoms with Crippen molar-refractivity contribution in [3.05, 3.63) is 12.7 Å². The Morgan fingerprint density at radius 1 is 1.50 bits per heavy atom. The van der Waals surface area contributed by atoms with Crippen molar-refractivity contribution in [1.29, 1.82) is 0 Å². The number of aliphatic carboxylic acids is 1. The van der Waals surface area contributed by atoms with Crippen LogP contribution in [0.1, 0.15) is 27.2 Å². The van der Waals surface area contributed by atoms with Gasteiger partial charge in [-0.2, -0.15) is 0 Å². The molecule has 0 amide bonds. The fourth-order valence-corrected chi connectivity index (χ4v) is 0.771. The average Bonchev–Trinajstić information content (AvgIpc) is 2.02. The summed E-state index contributed by atoms with van der Waals surface area (Å²) < 4.78 is 0. The van der Waals surface area contributed by atoms with Crippen LogP contribution in [-0.4, -0.2) is 34.0 Å². The van der Waals surface area contributed by atoms with Gasteiger partial charge in [-0.3, -0.25) is 0 Å². The molecule has 0 aromatic carbocycles. The maximum atomic E-state index is 9.25. The smallest absolute Gasteiger partial charge is 0.327 e. The maximum Gasteiger partial charge on any atom is 0.327 e. The van der Waals surface area contributed by atoms with E-state index in [-0.39, 0.29) is 12.0 Å². The summed E-state index contributed by atoms with van der Waals surface area (Å²) >= 11 is 0. The van der Waals surface area contributed by atoms with Gasteiger partial charge in [0, 0.05) is 6.08 Å². The van der Waals surface area contributed by atoms with Crippen LogP contribution in [0.5, 0.6) is 0 Å². The van der Waals surface area contributed by atoms with E-state index in [1.807, 2.05) is 20.8 Å². The first kappa shape index (κ1) is 15.6. The van der Waals surface area contributed by atoms with Crippen molar-refractivity contribution in [3.63, 3.8) is 0 Å². The second kappa shape index (κ2) is 7.53. The molecular weight excluding hydrogens is 184 g/mol. The fourth-order valence-electron chi connectivity index (χ4n) is 0.771. The lowest BCUT2D eigenvalue weighted by Crippen LogP contribution is -2.20. The van der Waals surface area contributed by atoms with Gasteiger partial charge in [0.05, 0.1) is 12.7 Å². The summed E-state index contributed by atoms with van der Waals surface area (Å²) in [6.45, 7) is 8.93. The Balaban J connectivity index is 0. The SMILES string of the molecule is C=CC(=O)O.CC(C)(C)CC(O)CO. The molecule has 1 atom stereocenters. The first-order valence-electron chi connectivity index (χ1n) is 4.37. The van der Waals surface area contributed by atoms with Crippen LogP contribution >= 0.6 is 0 Å². The molecule has 4 nitrogen and oxygen atoms in total. The Kier molecular flexibility index (Phi) is 8.38. The average molecular weight is 204 g/mol. The lowest BCUT2D eigenvalue weighted by atomic mass is 9.89. The number of aliphatic hydroxyl groups excluding tert-OH is 2. The van der Waals surface area contributed by atoms with E-state index < -0.39 is 12.1 Å². The highest BCUT2D eigenvalue weighted by molar-refractivity contribution is 5.78. The molecule has 0 radical (unpaired) electrons. The van der Waals surface area contributed by atoms with Crippen molar-refractivity contribution in [1.82, 2.24) is 0 Å². The Morgan fingerprint density at radius 2 is 1.86 bits per heavy atom. The Morgan fingerprint density at radius 3 is 1.93 bits per heavy atom. The number of aliphatic hydroxyl groups is 2. The summed E-state index contributed by atoms with van der Waals surface area (Å²) in [5, 5.41) is 25.0. The summed E-state index contributed by atoms with van der Waals surface area (Å²) in [5.41, 5.74) is 0.113. The number of carbonyl (C=O) groups is 1. The van der Waals surface area contributed by atoms with Crippen molar-refractivity contribution < 1.29 is 20.1 Å². The van der Waals surface area contributed by atoms with Crippen molar-refractivity contribution in [2.24, 2.45) is 5.41 Å². The summed E-state index contributed by atoms with van der Waals surface area (Å²) in [6.07, 6.45) is 0.939. The largest absolute Gasteiger partial charge is 0.478 e. The molecule has 0 aromatic heterocycles. The van der Waals surface area contributed by atoms with Gasteiger partial charge in [0.15, 0.2) is 0 Å². The molecule has 0 saturated carbocycles. The van der Waals surface area contributed by atoms with E-state index in [4.69, 9.17) is 15.3 Å². The number of carboxylic acid groups (broad SMARTS) is 1. The van der Waals surface area contributed by atoms with Crippen LogP contribution in [0.4, 0.5) is 0 Å². The highest BCUT2D eigenvalue weighted by Crippen LogP contribution is 2.20. The molecule has 1 unspecified atom stereocenters. The van der Waals surface area contributed by atoms with E-state index in [0.29, 0.717) is 6.42 Å². The molecule has 0 spiro atoms. The standard InChI is InChI=1S/C7H16O2.C3H4O2/c1-7(2,3)4-6(9)5-8;1-2-3(4)5/h6,8-9H,4-5H2,1-3H3;2H,1H2,(H,4,5). The molecule has 4 heteroatoms. The van der Waals surface area contributed by atoms with E-state index in [0.717, 1.165) is 6.08 Å². The van der Waals surface area contributed by atoms with Crippen molar-refractivity contribution in [2.45, 2.75) is 33.3 Å². The molecule has 14 heavy (non-hydrogen) atoms. The third-order valence-corrected chi connectivity index (χ3v) is 1.23. The van der Waals surface area contributed by atoms with E-state index >= 15 is 0 Å². The fraction of sp³-hybridized carbons (Fsp3) is 0.700. The quantitative estimate of drug-likeness (QED) is 0.600. The molecule has 0 bridgehead atoms. The first-order chi connectivity index (χ1) is 6.22. The molecule has 0 rings (SSSR count). The van der Waals surface area contributed by atoms with Gasteiger partial charge in [-0.15, -0.1) is 0 Å². The van der Waals surface area contributed by atoms with Crippen LogP contribution < -0.4 is 0 Å². The van der Waals surface area contributed by atoms with E-state index in [1.165, 1.54) is 0 Å². The number of rotatable bonds is 3. The van der Waals surface area contributed by atoms with Crippen LogP contribution in [0.3, 0.4) is 0 Å². The lowest BCUT2D eigenvalue weighted by Gasteiger charge is -2.20. The van der Waals surface area contributed by atoms with Gasteiger partial charge < -0.3 is 15.3 Å². The molecule has 0 aliphatic carbocycles. The Bertz CT molecular complexity index is 169. The van der Waals surface area contributed by atoms with E-state index in [9.17, 15) is 4.79 Å². The Labute approximate surface area is 84.9 Å². The highest BCUT2D eigenvalue weighted by atomic mass is 16.4. The summed E-state index contributed by atoms with van der Waals surface area (Å²) in [7, 11) is 0. The zero-order chi connectivity index (χ0) is 11.8.